The van der Waals surface area contributed by atoms with Crippen molar-refractivity contribution in [1.29, 1.82) is 0 Å². The summed E-state index contributed by atoms with van der Waals surface area (Å²) in [6, 6.07) is 4.41. The van der Waals surface area contributed by atoms with Crippen LogP contribution in [0.4, 0.5) is 4.39 Å². The number of nitrogens with zero attached hydrogens (tertiary/aromatic N) is 4. The van der Waals surface area contributed by atoms with Crippen LogP contribution in [0.5, 0.6) is 0 Å². The Morgan fingerprint density at radius 1 is 1.23 bits per heavy atom. The van der Waals surface area contributed by atoms with Crippen molar-refractivity contribution in [3.05, 3.63) is 50.9 Å². The Labute approximate surface area is 179 Å². The molecule has 0 spiro atoms. The molecule has 0 saturated carbocycles. The molecule has 1 fully saturated rings. The third-order valence-corrected chi connectivity index (χ3v) is 6.33. The molecule has 0 bridgehead atoms. The number of aromatic nitrogens is 3. The third-order valence-electron chi connectivity index (χ3n) is 5.97. The summed E-state index contributed by atoms with van der Waals surface area (Å²) in [4.78, 5) is 28.0. The van der Waals surface area contributed by atoms with Crippen LogP contribution in [-0.4, -0.2) is 51.3 Å². The quantitative estimate of drug-likeness (QED) is 0.678. The first-order valence-electron chi connectivity index (χ1n) is 10.6. The molecule has 2 aliphatic rings. The van der Waals surface area contributed by atoms with Crippen molar-refractivity contribution in [3.63, 3.8) is 0 Å². The van der Waals surface area contributed by atoms with Crippen LogP contribution in [0.15, 0.2) is 23.0 Å². The van der Waals surface area contributed by atoms with Crippen LogP contribution in [0.25, 0.3) is 0 Å². The summed E-state index contributed by atoms with van der Waals surface area (Å²) in [6.45, 7) is 4.35. The summed E-state index contributed by atoms with van der Waals surface area (Å²) in [7, 11) is 0. The number of nitrogens with one attached hydrogen (secondary N) is 1. The van der Waals surface area contributed by atoms with Gasteiger partial charge in [0.1, 0.15) is 11.6 Å². The van der Waals surface area contributed by atoms with E-state index in [0.717, 1.165) is 32.5 Å². The fraction of sp³-hybridized carbons (Fsp3) is 0.571. The van der Waals surface area contributed by atoms with E-state index >= 15 is 0 Å². The largest absolute Gasteiger partial charge is 0.355 e. The first kappa shape index (κ1) is 21.1. The minimum Gasteiger partial charge on any atom is -0.355 e. The molecule has 1 amide bonds. The minimum absolute atomic E-state index is 0.0610. The van der Waals surface area contributed by atoms with Gasteiger partial charge in [0.15, 0.2) is 0 Å². The van der Waals surface area contributed by atoms with Gasteiger partial charge in [-0.1, -0.05) is 17.7 Å². The molecule has 1 aromatic heterocycles. The van der Waals surface area contributed by atoms with Crippen molar-refractivity contribution in [1.82, 2.24) is 24.6 Å². The lowest BCUT2D eigenvalue weighted by molar-refractivity contribution is -0.123. The average molecular weight is 436 g/mol. The fourth-order valence-corrected chi connectivity index (χ4v) is 4.56. The predicted octanol–water partition coefficient (Wildman–Crippen LogP) is 2.37. The topological polar surface area (TPSA) is 72.2 Å². The van der Waals surface area contributed by atoms with Crippen LogP contribution < -0.4 is 11.0 Å². The van der Waals surface area contributed by atoms with Crippen LogP contribution in [0.3, 0.4) is 0 Å². The van der Waals surface area contributed by atoms with Gasteiger partial charge in [0.25, 0.3) is 0 Å². The number of likely N-dealkylation sites (tertiary alicyclic amines) is 1. The molecule has 1 aromatic carbocycles. The lowest BCUT2D eigenvalue weighted by Gasteiger charge is -2.21. The van der Waals surface area contributed by atoms with E-state index in [2.05, 4.69) is 15.3 Å². The lowest BCUT2D eigenvalue weighted by Crippen LogP contribution is -2.36. The Hall–Kier alpha value is -2.19. The number of benzene rings is 1. The fourth-order valence-electron chi connectivity index (χ4n) is 4.34. The Balaban J connectivity index is 1.44. The molecule has 0 radical (unpaired) electrons. The summed E-state index contributed by atoms with van der Waals surface area (Å²) >= 11 is 6.10. The Morgan fingerprint density at radius 2 is 2.03 bits per heavy atom. The summed E-state index contributed by atoms with van der Waals surface area (Å²) < 4.78 is 16.9. The van der Waals surface area contributed by atoms with E-state index < -0.39 is 11.7 Å². The standard InChI is InChI=1S/C21H27ClFN5O2/c22-17-7-3-8-18(23)16(17)14-28-21(30)27-13-4-6-15(19(27)25-28)20(29)24-9-5-12-26-10-1-2-11-26/h3,7-8,15H,1-2,4-6,9-14H2,(H,24,29). The number of carbonyl (C=O) groups excluding carboxylic acids is 1. The molecule has 7 nitrogen and oxygen atoms in total. The number of amides is 1. The van der Waals surface area contributed by atoms with Crippen molar-refractivity contribution >= 4 is 17.5 Å². The number of rotatable bonds is 7. The first-order chi connectivity index (χ1) is 14.5. The van der Waals surface area contributed by atoms with Crippen LogP contribution in [0, 0.1) is 5.82 Å². The second-order valence-electron chi connectivity index (χ2n) is 8.04. The third kappa shape index (κ3) is 4.44. The molecule has 4 rings (SSSR count). The van der Waals surface area contributed by atoms with E-state index in [-0.39, 0.29) is 28.7 Å². The second kappa shape index (κ2) is 9.31. The highest BCUT2D eigenvalue weighted by molar-refractivity contribution is 6.31. The van der Waals surface area contributed by atoms with Crippen LogP contribution >= 0.6 is 11.6 Å². The molecule has 2 aliphatic heterocycles. The van der Waals surface area contributed by atoms with Gasteiger partial charge in [0.05, 0.1) is 12.5 Å². The summed E-state index contributed by atoms with van der Waals surface area (Å²) in [5.74, 6) is -0.586. The summed E-state index contributed by atoms with van der Waals surface area (Å²) in [5.41, 5.74) is -0.115. The highest BCUT2D eigenvalue weighted by Crippen LogP contribution is 2.25. The zero-order chi connectivity index (χ0) is 21.1. The molecule has 1 atom stereocenters. The SMILES string of the molecule is O=C(NCCCN1CCCC1)C1CCCn2c1nn(Cc1c(F)cccc1Cl)c2=O. The van der Waals surface area contributed by atoms with Crippen molar-refractivity contribution in [2.45, 2.75) is 51.1 Å². The Bertz CT molecular complexity index is 947. The van der Waals surface area contributed by atoms with E-state index in [0.29, 0.717) is 25.3 Å². The predicted molar refractivity (Wildman–Crippen MR) is 112 cm³/mol. The second-order valence-corrected chi connectivity index (χ2v) is 8.45. The van der Waals surface area contributed by atoms with Crippen LogP contribution in [0.2, 0.25) is 5.02 Å². The summed E-state index contributed by atoms with van der Waals surface area (Å²) in [5, 5.41) is 7.65. The van der Waals surface area contributed by atoms with E-state index in [4.69, 9.17) is 11.6 Å². The van der Waals surface area contributed by atoms with Gasteiger partial charge in [-0.15, -0.1) is 0 Å². The number of hydrogen-bond donors (Lipinski definition) is 1. The van der Waals surface area contributed by atoms with Crippen molar-refractivity contribution in [2.75, 3.05) is 26.2 Å². The number of carbonyl (C=O) groups is 1. The maximum Gasteiger partial charge on any atom is 0.346 e. The smallest absolute Gasteiger partial charge is 0.346 e. The van der Waals surface area contributed by atoms with E-state index in [9.17, 15) is 14.0 Å². The molecule has 1 N–H and O–H groups in total. The summed E-state index contributed by atoms with van der Waals surface area (Å²) in [6.07, 6.45) is 4.80. The van der Waals surface area contributed by atoms with Gasteiger partial charge >= 0.3 is 5.69 Å². The number of halogens is 2. The molecule has 30 heavy (non-hydrogen) atoms. The molecular weight excluding hydrogens is 409 g/mol. The van der Waals surface area contributed by atoms with Crippen LogP contribution in [0.1, 0.15) is 49.4 Å². The average Bonchev–Trinajstić information content (AvgIpc) is 3.36. The monoisotopic (exact) mass is 435 g/mol. The Kier molecular flexibility index (Phi) is 6.53. The van der Waals surface area contributed by atoms with Gasteiger partial charge in [-0.05, 0) is 63.9 Å². The number of fused-ring (bicyclic) bond motifs is 1. The van der Waals surface area contributed by atoms with Gasteiger partial charge in [-0.2, -0.15) is 5.10 Å². The molecule has 0 aliphatic carbocycles. The molecule has 3 heterocycles. The molecule has 2 aromatic rings. The normalized spacial score (nSPS) is 19.1. The minimum atomic E-state index is -0.479. The highest BCUT2D eigenvalue weighted by atomic mass is 35.5. The van der Waals surface area contributed by atoms with Crippen molar-refractivity contribution in [3.8, 4) is 0 Å². The van der Waals surface area contributed by atoms with Gasteiger partial charge in [-0.25, -0.2) is 13.9 Å². The van der Waals surface area contributed by atoms with Crippen molar-refractivity contribution in [2.24, 2.45) is 0 Å². The maximum atomic E-state index is 14.1. The maximum absolute atomic E-state index is 14.1. The Morgan fingerprint density at radius 3 is 2.80 bits per heavy atom. The zero-order valence-corrected chi connectivity index (χ0v) is 17.7. The first-order valence-corrected chi connectivity index (χ1v) is 11.0. The number of hydrogen-bond acceptors (Lipinski definition) is 4. The van der Waals surface area contributed by atoms with Crippen LogP contribution in [-0.2, 0) is 17.9 Å². The van der Waals surface area contributed by atoms with Gasteiger partial charge in [0, 0.05) is 23.7 Å². The van der Waals surface area contributed by atoms with Gasteiger partial charge < -0.3 is 10.2 Å². The zero-order valence-electron chi connectivity index (χ0n) is 16.9. The van der Waals surface area contributed by atoms with Crippen molar-refractivity contribution < 1.29 is 9.18 Å². The molecule has 1 unspecified atom stereocenters. The molecule has 162 valence electrons. The molecular formula is C21H27ClFN5O2. The van der Waals surface area contributed by atoms with E-state index in [1.54, 1.807) is 6.07 Å². The molecule has 9 heteroatoms. The lowest BCUT2D eigenvalue weighted by atomic mass is 9.98. The molecule has 1 saturated heterocycles. The van der Waals surface area contributed by atoms with Gasteiger partial charge in [-0.3, -0.25) is 9.36 Å². The van der Waals surface area contributed by atoms with Gasteiger partial charge in [0.2, 0.25) is 5.91 Å². The highest BCUT2D eigenvalue weighted by Gasteiger charge is 2.31. The van der Waals surface area contributed by atoms with E-state index in [1.165, 1.54) is 34.2 Å². The van der Waals surface area contributed by atoms with E-state index in [1.807, 2.05) is 0 Å².